The Labute approximate surface area is 172 Å². The second kappa shape index (κ2) is 7.20. The summed E-state index contributed by atoms with van der Waals surface area (Å²) in [6.07, 6.45) is 6.36. The second-order valence-electron chi connectivity index (χ2n) is 8.85. The fraction of sp³-hybridized carbons (Fsp3) is 0.458. The van der Waals surface area contributed by atoms with E-state index in [1.54, 1.807) is 0 Å². The highest BCUT2D eigenvalue weighted by molar-refractivity contribution is 6.30. The Morgan fingerprint density at radius 1 is 1.04 bits per heavy atom. The number of aryl methyl sites for hydroxylation is 2. The molecule has 2 unspecified atom stereocenters. The minimum Gasteiger partial charge on any atom is -0.323 e. The summed E-state index contributed by atoms with van der Waals surface area (Å²) in [7, 11) is 0. The van der Waals surface area contributed by atoms with E-state index in [1.165, 1.54) is 53.7 Å². The highest BCUT2D eigenvalue weighted by atomic mass is 35.5. The molecule has 0 aliphatic carbocycles. The largest absolute Gasteiger partial charge is 0.323 e. The van der Waals surface area contributed by atoms with Crippen molar-refractivity contribution < 1.29 is 0 Å². The lowest BCUT2D eigenvalue weighted by Crippen LogP contribution is -2.38. The molecule has 2 saturated heterocycles. The second-order valence-corrected chi connectivity index (χ2v) is 9.28. The van der Waals surface area contributed by atoms with Crippen molar-refractivity contribution in [1.82, 2.24) is 14.9 Å². The first-order valence-electron chi connectivity index (χ1n) is 10.5. The summed E-state index contributed by atoms with van der Waals surface area (Å²) in [6, 6.07) is 14.2. The van der Waals surface area contributed by atoms with Gasteiger partial charge in [0.25, 0.3) is 0 Å². The summed E-state index contributed by atoms with van der Waals surface area (Å²) in [5.41, 5.74) is 6.30. The summed E-state index contributed by atoms with van der Waals surface area (Å²) in [5, 5.41) is 4.56. The fourth-order valence-corrected chi connectivity index (χ4v) is 5.26. The summed E-state index contributed by atoms with van der Waals surface area (Å²) in [4.78, 5) is 5.11. The molecule has 2 aliphatic rings. The third kappa shape index (κ3) is 3.46. The van der Waals surface area contributed by atoms with E-state index in [0.29, 0.717) is 0 Å². The number of rotatable bonds is 4. The molecular weight excluding hydrogens is 366 g/mol. The number of fused-ring (bicyclic) bond motifs is 3. The number of hydrogen-bond acceptors (Lipinski definition) is 2. The smallest absolute Gasteiger partial charge is 0.110 e. The Morgan fingerprint density at radius 3 is 2.43 bits per heavy atom. The highest BCUT2D eigenvalue weighted by Crippen LogP contribution is 2.33. The van der Waals surface area contributed by atoms with Crippen LogP contribution in [0.25, 0.3) is 11.0 Å². The molecule has 4 heteroatoms. The molecule has 0 spiro atoms. The van der Waals surface area contributed by atoms with E-state index < -0.39 is 0 Å². The molecule has 146 valence electrons. The number of hydrogen-bond donors (Lipinski definition) is 1. The van der Waals surface area contributed by atoms with Gasteiger partial charge in [0.05, 0.1) is 11.0 Å². The Morgan fingerprint density at radius 2 is 1.71 bits per heavy atom. The molecule has 3 heterocycles. The van der Waals surface area contributed by atoms with Crippen molar-refractivity contribution in [3.63, 3.8) is 0 Å². The van der Waals surface area contributed by atoms with Gasteiger partial charge in [0.1, 0.15) is 5.82 Å². The standard InChI is InChI=1S/C24H28ClN3/c1-15-9-22-23(10-16(15)2)28(14-17-3-5-19(25)6-4-17)24(27-22)13-18-11-20-7-8-21(12-18)26-20/h3-6,9-10,18,20-21,26H,7-8,11-14H2,1-2H3. The van der Waals surface area contributed by atoms with Crippen LogP contribution in [-0.2, 0) is 13.0 Å². The van der Waals surface area contributed by atoms with Gasteiger partial charge in [0.15, 0.2) is 0 Å². The molecule has 5 rings (SSSR count). The summed E-state index contributed by atoms with van der Waals surface area (Å²) in [5.74, 6) is 1.97. The minimum absolute atomic E-state index is 0.724. The van der Waals surface area contributed by atoms with Crippen LogP contribution in [0.15, 0.2) is 36.4 Å². The van der Waals surface area contributed by atoms with E-state index in [9.17, 15) is 0 Å². The third-order valence-electron chi connectivity index (χ3n) is 6.74. The van der Waals surface area contributed by atoms with Gasteiger partial charge >= 0.3 is 0 Å². The van der Waals surface area contributed by atoms with Gasteiger partial charge in [-0.1, -0.05) is 23.7 Å². The van der Waals surface area contributed by atoms with Crippen molar-refractivity contribution in [2.75, 3.05) is 0 Å². The quantitative estimate of drug-likeness (QED) is 0.640. The first-order valence-corrected chi connectivity index (χ1v) is 10.9. The van der Waals surface area contributed by atoms with Gasteiger partial charge in [-0.25, -0.2) is 4.98 Å². The maximum Gasteiger partial charge on any atom is 0.110 e. The maximum atomic E-state index is 6.10. The van der Waals surface area contributed by atoms with Crippen LogP contribution >= 0.6 is 11.6 Å². The number of aromatic nitrogens is 2. The zero-order chi connectivity index (χ0) is 19.3. The topological polar surface area (TPSA) is 29.9 Å². The molecule has 1 N–H and O–H groups in total. The first kappa shape index (κ1) is 18.2. The predicted molar refractivity (Wildman–Crippen MR) is 116 cm³/mol. The zero-order valence-electron chi connectivity index (χ0n) is 16.7. The SMILES string of the molecule is Cc1cc2nc(CC3CC4CCC(C3)N4)n(Cc3ccc(Cl)cc3)c2cc1C. The van der Waals surface area contributed by atoms with Crippen LogP contribution in [0.5, 0.6) is 0 Å². The Bertz CT molecular complexity index is 993. The van der Waals surface area contributed by atoms with E-state index in [2.05, 4.69) is 48.0 Å². The van der Waals surface area contributed by atoms with Crippen molar-refractivity contribution >= 4 is 22.6 Å². The molecule has 0 amide bonds. The van der Waals surface area contributed by atoms with Crippen LogP contribution in [0.4, 0.5) is 0 Å². The lowest BCUT2D eigenvalue weighted by molar-refractivity contribution is 0.293. The van der Waals surface area contributed by atoms with Crippen LogP contribution in [0, 0.1) is 19.8 Å². The third-order valence-corrected chi connectivity index (χ3v) is 6.99. The van der Waals surface area contributed by atoms with Crippen LogP contribution in [0.3, 0.4) is 0 Å². The van der Waals surface area contributed by atoms with Crippen molar-refractivity contribution in [2.45, 2.75) is 64.6 Å². The molecule has 1 aromatic heterocycles. The van der Waals surface area contributed by atoms with Gasteiger partial charge < -0.3 is 9.88 Å². The molecule has 2 bridgehead atoms. The van der Waals surface area contributed by atoms with E-state index >= 15 is 0 Å². The fourth-order valence-electron chi connectivity index (χ4n) is 5.13. The van der Waals surface area contributed by atoms with Gasteiger partial charge in [-0.05, 0) is 86.4 Å². The summed E-state index contributed by atoms with van der Waals surface area (Å²) < 4.78 is 2.44. The van der Waals surface area contributed by atoms with Gasteiger partial charge in [0, 0.05) is 30.1 Å². The average molecular weight is 394 g/mol. The Balaban J connectivity index is 1.52. The Kier molecular flexibility index (Phi) is 4.68. The molecule has 2 aromatic carbocycles. The van der Waals surface area contributed by atoms with E-state index in [0.717, 1.165) is 41.5 Å². The van der Waals surface area contributed by atoms with Gasteiger partial charge in [0.2, 0.25) is 0 Å². The number of halogens is 1. The lowest BCUT2D eigenvalue weighted by atomic mass is 9.89. The lowest BCUT2D eigenvalue weighted by Gasteiger charge is -2.29. The number of nitrogens with zero attached hydrogens (tertiary/aromatic N) is 2. The van der Waals surface area contributed by atoms with Crippen LogP contribution in [0.1, 0.15) is 48.2 Å². The van der Waals surface area contributed by atoms with Crippen molar-refractivity contribution in [1.29, 1.82) is 0 Å². The average Bonchev–Trinajstić information content (AvgIpc) is 3.17. The first-order chi connectivity index (χ1) is 13.5. The molecule has 3 aromatic rings. The van der Waals surface area contributed by atoms with Crippen molar-refractivity contribution in [3.8, 4) is 0 Å². The minimum atomic E-state index is 0.724. The predicted octanol–water partition coefficient (Wildman–Crippen LogP) is 5.43. The normalized spacial score (nSPS) is 24.2. The van der Waals surface area contributed by atoms with E-state index in [-0.39, 0.29) is 0 Å². The number of nitrogens with one attached hydrogen (secondary N) is 1. The molecule has 2 atom stereocenters. The molecular formula is C24H28ClN3. The summed E-state index contributed by atoms with van der Waals surface area (Å²) >= 11 is 6.10. The molecule has 2 aliphatic heterocycles. The maximum absolute atomic E-state index is 6.10. The number of benzene rings is 2. The van der Waals surface area contributed by atoms with Crippen LogP contribution in [0.2, 0.25) is 5.02 Å². The highest BCUT2D eigenvalue weighted by Gasteiger charge is 2.34. The molecule has 0 saturated carbocycles. The Hall–Kier alpha value is -1.84. The molecule has 2 fully saturated rings. The van der Waals surface area contributed by atoms with Crippen molar-refractivity contribution in [3.05, 3.63) is 63.9 Å². The molecule has 28 heavy (non-hydrogen) atoms. The van der Waals surface area contributed by atoms with Crippen LogP contribution in [-0.4, -0.2) is 21.6 Å². The molecule has 3 nitrogen and oxygen atoms in total. The van der Waals surface area contributed by atoms with E-state index in [4.69, 9.17) is 16.6 Å². The zero-order valence-corrected chi connectivity index (χ0v) is 17.5. The molecule has 0 radical (unpaired) electrons. The van der Waals surface area contributed by atoms with Gasteiger partial charge in [-0.15, -0.1) is 0 Å². The van der Waals surface area contributed by atoms with E-state index in [1.807, 2.05) is 12.1 Å². The van der Waals surface area contributed by atoms with Crippen LogP contribution < -0.4 is 5.32 Å². The monoisotopic (exact) mass is 393 g/mol. The number of imidazole rings is 1. The van der Waals surface area contributed by atoms with Crippen molar-refractivity contribution in [2.24, 2.45) is 5.92 Å². The van der Waals surface area contributed by atoms with Gasteiger partial charge in [-0.2, -0.15) is 0 Å². The summed E-state index contributed by atoms with van der Waals surface area (Å²) in [6.45, 7) is 5.22. The van der Waals surface area contributed by atoms with Gasteiger partial charge in [-0.3, -0.25) is 0 Å². The number of piperidine rings is 1.